The fraction of sp³-hybridized carbons (Fsp3) is 0.588. The Hall–Kier alpha value is -1.59. The summed E-state index contributed by atoms with van der Waals surface area (Å²) in [6, 6.07) is 4.05. The van der Waals surface area contributed by atoms with Gasteiger partial charge in [-0.25, -0.2) is 0 Å². The smallest absolute Gasteiger partial charge is 0.231 e. The van der Waals surface area contributed by atoms with E-state index in [1.807, 2.05) is 12.1 Å². The Balaban J connectivity index is 1.72. The Kier molecular flexibility index (Phi) is 2.48. The van der Waals surface area contributed by atoms with Gasteiger partial charge < -0.3 is 14.6 Å². The molecule has 5 rings (SSSR count). The number of carbonyl (C=O) groups is 1. The van der Waals surface area contributed by atoms with Gasteiger partial charge in [0.1, 0.15) is 6.10 Å². The maximum Gasteiger partial charge on any atom is 0.231 e. The third kappa shape index (κ3) is 1.48. The van der Waals surface area contributed by atoms with E-state index in [2.05, 4.69) is 4.90 Å². The van der Waals surface area contributed by atoms with Crippen LogP contribution in [0.1, 0.15) is 36.3 Å². The van der Waals surface area contributed by atoms with Crippen LogP contribution in [0.25, 0.3) is 0 Å². The molecule has 1 aliphatic carbocycles. The van der Waals surface area contributed by atoms with Gasteiger partial charge in [-0.05, 0) is 49.1 Å². The molecule has 5 heteroatoms. The molecule has 1 aromatic rings. The van der Waals surface area contributed by atoms with Gasteiger partial charge in [0.2, 0.25) is 6.79 Å². The molecule has 0 radical (unpaired) electrons. The van der Waals surface area contributed by atoms with E-state index >= 15 is 0 Å². The predicted octanol–water partition coefficient (Wildman–Crippen LogP) is 1.22. The lowest BCUT2D eigenvalue weighted by atomic mass is 9.78. The minimum atomic E-state index is -0.891. The summed E-state index contributed by atoms with van der Waals surface area (Å²) in [6.45, 7) is 2.22. The van der Waals surface area contributed by atoms with E-state index in [0.717, 1.165) is 49.4 Å². The Morgan fingerprint density at radius 2 is 2.05 bits per heavy atom. The van der Waals surface area contributed by atoms with E-state index in [4.69, 9.17) is 9.47 Å². The molecule has 5 nitrogen and oxygen atoms in total. The summed E-state index contributed by atoms with van der Waals surface area (Å²) in [5.41, 5.74) is 2.10. The lowest BCUT2D eigenvalue weighted by Gasteiger charge is -2.38. The van der Waals surface area contributed by atoms with Gasteiger partial charge in [0.25, 0.3) is 0 Å². The first-order valence-electron chi connectivity index (χ1n) is 8.07. The Morgan fingerprint density at radius 3 is 2.91 bits per heavy atom. The predicted molar refractivity (Wildman–Crippen MR) is 78.2 cm³/mol. The van der Waals surface area contributed by atoms with Crippen molar-refractivity contribution in [3.63, 3.8) is 0 Å². The molecule has 0 aromatic heterocycles. The Morgan fingerprint density at radius 1 is 1.23 bits per heavy atom. The average molecular weight is 301 g/mol. The first-order valence-corrected chi connectivity index (χ1v) is 8.07. The van der Waals surface area contributed by atoms with E-state index < -0.39 is 6.10 Å². The van der Waals surface area contributed by atoms with Crippen molar-refractivity contribution in [2.75, 3.05) is 19.9 Å². The number of carbonyl (C=O) groups excluding carboxylic acids is 1. The van der Waals surface area contributed by atoms with Gasteiger partial charge in [-0.2, -0.15) is 0 Å². The second-order valence-electron chi connectivity index (χ2n) is 6.91. The maximum atomic E-state index is 12.3. The summed E-state index contributed by atoms with van der Waals surface area (Å²) in [7, 11) is 0. The van der Waals surface area contributed by atoms with Crippen LogP contribution < -0.4 is 9.47 Å². The third-order valence-corrected chi connectivity index (χ3v) is 5.99. The SMILES string of the molecule is O=C1C[C@@]23CCCN2CCc2cc4c(cc2[C@H]3[C@@H]1O)OCO4. The average Bonchev–Trinajstić information content (AvgIpc) is 3.15. The molecule has 0 bridgehead atoms. The van der Waals surface area contributed by atoms with Crippen molar-refractivity contribution in [1.29, 1.82) is 0 Å². The topological polar surface area (TPSA) is 59.0 Å². The number of hydrogen-bond acceptors (Lipinski definition) is 5. The molecule has 1 spiro atoms. The van der Waals surface area contributed by atoms with Crippen LogP contribution in [0.5, 0.6) is 11.5 Å². The number of nitrogens with zero attached hydrogens (tertiary/aromatic N) is 1. The number of aliphatic hydroxyl groups is 1. The van der Waals surface area contributed by atoms with Crippen molar-refractivity contribution in [1.82, 2.24) is 4.90 Å². The highest BCUT2D eigenvalue weighted by molar-refractivity contribution is 5.89. The summed E-state index contributed by atoms with van der Waals surface area (Å²) in [5, 5.41) is 10.6. The summed E-state index contributed by atoms with van der Waals surface area (Å²) >= 11 is 0. The molecule has 1 N–H and O–H groups in total. The van der Waals surface area contributed by atoms with Crippen LogP contribution in [0.4, 0.5) is 0 Å². The van der Waals surface area contributed by atoms with Crippen LogP contribution in [0.3, 0.4) is 0 Å². The summed E-state index contributed by atoms with van der Waals surface area (Å²) < 4.78 is 11.0. The fourth-order valence-electron chi connectivity index (χ4n) is 5.06. The molecular formula is C17H19NO4. The monoisotopic (exact) mass is 301 g/mol. The van der Waals surface area contributed by atoms with Gasteiger partial charge in [-0.3, -0.25) is 9.69 Å². The van der Waals surface area contributed by atoms with Crippen molar-refractivity contribution in [3.8, 4) is 11.5 Å². The van der Waals surface area contributed by atoms with E-state index in [-0.39, 0.29) is 24.0 Å². The lowest BCUT2D eigenvalue weighted by Crippen LogP contribution is -2.46. The third-order valence-electron chi connectivity index (χ3n) is 5.99. The molecule has 3 heterocycles. The highest BCUT2D eigenvalue weighted by atomic mass is 16.7. The molecule has 1 saturated carbocycles. The fourth-order valence-corrected chi connectivity index (χ4v) is 5.06. The van der Waals surface area contributed by atoms with Crippen molar-refractivity contribution in [2.24, 2.45) is 0 Å². The van der Waals surface area contributed by atoms with Crippen LogP contribution >= 0.6 is 0 Å². The molecule has 1 aromatic carbocycles. The van der Waals surface area contributed by atoms with Crippen molar-refractivity contribution < 1.29 is 19.4 Å². The number of Topliss-reactive ketones (excluding diaryl/α,β-unsaturated/α-hetero) is 1. The van der Waals surface area contributed by atoms with Crippen molar-refractivity contribution in [2.45, 2.75) is 43.2 Å². The van der Waals surface area contributed by atoms with E-state index in [1.54, 1.807) is 0 Å². The van der Waals surface area contributed by atoms with E-state index in [1.165, 1.54) is 5.56 Å². The van der Waals surface area contributed by atoms with Crippen LogP contribution in [-0.2, 0) is 11.2 Å². The molecule has 22 heavy (non-hydrogen) atoms. The maximum absolute atomic E-state index is 12.3. The van der Waals surface area contributed by atoms with Gasteiger partial charge in [-0.15, -0.1) is 0 Å². The number of fused-ring (bicyclic) bond motifs is 3. The van der Waals surface area contributed by atoms with E-state index in [9.17, 15) is 9.90 Å². The molecular weight excluding hydrogens is 282 g/mol. The minimum Gasteiger partial charge on any atom is -0.454 e. The van der Waals surface area contributed by atoms with E-state index in [0.29, 0.717) is 6.42 Å². The number of hydrogen-bond donors (Lipinski definition) is 1. The summed E-state index contributed by atoms with van der Waals surface area (Å²) in [4.78, 5) is 14.7. The highest BCUT2D eigenvalue weighted by Gasteiger charge is 2.59. The number of rotatable bonds is 0. The molecule has 4 aliphatic rings. The van der Waals surface area contributed by atoms with Crippen LogP contribution in [0.15, 0.2) is 12.1 Å². The van der Waals surface area contributed by atoms with Gasteiger partial charge in [0, 0.05) is 24.4 Å². The zero-order valence-electron chi connectivity index (χ0n) is 12.4. The molecule has 116 valence electrons. The minimum absolute atomic E-state index is 0.0117. The zero-order valence-corrected chi connectivity index (χ0v) is 12.4. The second kappa shape index (κ2) is 4.24. The van der Waals surface area contributed by atoms with Gasteiger partial charge >= 0.3 is 0 Å². The molecule has 1 saturated heterocycles. The Bertz CT molecular complexity index is 673. The molecule has 0 amide bonds. The summed E-state index contributed by atoms with van der Waals surface area (Å²) in [6.07, 6.45) is 2.63. The normalized spacial score (nSPS) is 36.0. The number of ether oxygens (including phenoxy) is 2. The van der Waals surface area contributed by atoms with Gasteiger partial charge in [-0.1, -0.05) is 0 Å². The first-order chi connectivity index (χ1) is 10.7. The van der Waals surface area contributed by atoms with Crippen LogP contribution in [0, 0.1) is 0 Å². The largest absolute Gasteiger partial charge is 0.454 e. The quantitative estimate of drug-likeness (QED) is 0.781. The lowest BCUT2D eigenvalue weighted by molar-refractivity contribution is -0.124. The molecule has 0 unspecified atom stereocenters. The van der Waals surface area contributed by atoms with Crippen LogP contribution in [-0.4, -0.2) is 47.3 Å². The van der Waals surface area contributed by atoms with Crippen molar-refractivity contribution in [3.05, 3.63) is 23.3 Å². The van der Waals surface area contributed by atoms with Gasteiger partial charge in [0.15, 0.2) is 17.3 Å². The molecule has 2 fully saturated rings. The van der Waals surface area contributed by atoms with Crippen LogP contribution in [0.2, 0.25) is 0 Å². The second-order valence-corrected chi connectivity index (χ2v) is 6.91. The number of aliphatic hydroxyl groups excluding tert-OH is 1. The highest BCUT2D eigenvalue weighted by Crippen LogP contribution is 2.54. The first kappa shape index (κ1) is 12.9. The number of ketones is 1. The standard InChI is InChI=1S/C17H19NO4/c19-12-8-17-3-1-4-18(17)5-2-10-6-13-14(22-9-21-13)7-11(10)15(17)16(12)20/h6-7,15-16,20H,1-5,8-9H2/t15-,16+,17+/m0/s1. The number of benzene rings is 1. The molecule has 3 atom stereocenters. The van der Waals surface area contributed by atoms with Gasteiger partial charge in [0.05, 0.1) is 0 Å². The van der Waals surface area contributed by atoms with Crippen molar-refractivity contribution >= 4 is 5.78 Å². The molecule has 3 aliphatic heterocycles. The zero-order chi connectivity index (χ0) is 14.9. The Labute approximate surface area is 128 Å². The summed E-state index contributed by atoms with van der Waals surface area (Å²) in [5.74, 6) is 1.39.